The molecule has 7 nitrogen and oxygen atoms in total. The Morgan fingerprint density at radius 1 is 1.17 bits per heavy atom. The normalized spacial score (nSPS) is 12.0. The lowest BCUT2D eigenvalue weighted by molar-refractivity contribution is 0.235. The zero-order valence-electron chi connectivity index (χ0n) is 17.7. The van der Waals surface area contributed by atoms with E-state index in [-0.39, 0.29) is 24.4 Å². The van der Waals surface area contributed by atoms with Crippen molar-refractivity contribution in [1.82, 2.24) is 25.2 Å². The van der Waals surface area contributed by atoms with E-state index in [4.69, 9.17) is 0 Å². The van der Waals surface area contributed by atoms with Crippen molar-refractivity contribution in [2.24, 2.45) is 0 Å². The molecule has 0 radical (unpaired) electrons. The van der Waals surface area contributed by atoms with Gasteiger partial charge in [0.2, 0.25) is 0 Å². The Balaban J connectivity index is 1.64. The molecule has 2 amide bonds. The Morgan fingerprint density at radius 3 is 2.67 bits per heavy atom. The minimum Gasteiger partial charge on any atom is -0.370 e. The largest absolute Gasteiger partial charge is 0.370 e. The van der Waals surface area contributed by atoms with Crippen LogP contribution in [0.5, 0.6) is 0 Å². The molecule has 0 fully saturated rings. The number of carbonyl (C=O) groups excluding carboxylic acids is 1. The first-order valence-corrected chi connectivity index (χ1v) is 10.4. The SMILES string of the molecule is CCCC(NC(=O)NCc1ccc(N(CC)CC)c(F)c1)c1nnc2ccccn12. The zero-order valence-corrected chi connectivity index (χ0v) is 17.7. The molecule has 2 N–H and O–H groups in total. The van der Waals surface area contributed by atoms with E-state index in [9.17, 15) is 9.18 Å². The van der Waals surface area contributed by atoms with Gasteiger partial charge in [-0.1, -0.05) is 25.5 Å². The van der Waals surface area contributed by atoms with Crippen molar-refractivity contribution in [1.29, 1.82) is 0 Å². The number of hydrogen-bond acceptors (Lipinski definition) is 4. The number of aromatic nitrogens is 3. The van der Waals surface area contributed by atoms with Gasteiger partial charge in [-0.15, -0.1) is 10.2 Å². The van der Waals surface area contributed by atoms with Gasteiger partial charge in [0.15, 0.2) is 11.5 Å². The van der Waals surface area contributed by atoms with E-state index in [1.807, 2.05) is 53.6 Å². The van der Waals surface area contributed by atoms with Gasteiger partial charge < -0.3 is 15.5 Å². The lowest BCUT2D eigenvalue weighted by Crippen LogP contribution is -2.38. The van der Waals surface area contributed by atoms with Crippen molar-refractivity contribution in [2.75, 3.05) is 18.0 Å². The molecular weight excluding hydrogens is 383 g/mol. The molecule has 8 heteroatoms. The Hall–Kier alpha value is -3.16. The molecule has 2 heterocycles. The number of anilines is 1. The van der Waals surface area contributed by atoms with Crippen molar-refractivity contribution in [3.8, 4) is 0 Å². The number of amides is 2. The monoisotopic (exact) mass is 412 g/mol. The first-order chi connectivity index (χ1) is 14.6. The second kappa shape index (κ2) is 10.0. The predicted molar refractivity (Wildman–Crippen MR) is 116 cm³/mol. The van der Waals surface area contributed by atoms with Crippen LogP contribution >= 0.6 is 0 Å². The van der Waals surface area contributed by atoms with Crippen LogP contribution in [0.4, 0.5) is 14.9 Å². The minimum atomic E-state index is -0.325. The fourth-order valence-corrected chi connectivity index (χ4v) is 3.52. The van der Waals surface area contributed by atoms with Gasteiger partial charge >= 0.3 is 6.03 Å². The van der Waals surface area contributed by atoms with Crippen molar-refractivity contribution in [3.05, 3.63) is 59.8 Å². The summed E-state index contributed by atoms with van der Waals surface area (Å²) in [6.07, 6.45) is 3.49. The molecule has 0 bridgehead atoms. The third-order valence-corrected chi connectivity index (χ3v) is 5.10. The van der Waals surface area contributed by atoms with Crippen LogP contribution < -0.4 is 15.5 Å². The molecule has 2 aromatic heterocycles. The van der Waals surface area contributed by atoms with Gasteiger partial charge in [-0.3, -0.25) is 4.40 Å². The number of carbonyl (C=O) groups is 1. The molecule has 1 atom stereocenters. The summed E-state index contributed by atoms with van der Waals surface area (Å²) in [4.78, 5) is 14.5. The molecule has 0 aliphatic heterocycles. The van der Waals surface area contributed by atoms with Crippen LogP contribution in [-0.2, 0) is 6.54 Å². The second-order valence-electron chi connectivity index (χ2n) is 7.11. The zero-order chi connectivity index (χ0) is 21.5. The third kappa shape index (κ3) is 4.87. The fourth-order valence-electron chi connectivity index (χ4n) is 3.52. The highest BCUT2D eigenvalue weighted by molar-refractivity contribution is 5.74. The summed E-state index contributed by atoms with van der Waals surface area (Å²) in [5.41, 5.74) is 2.02. The van der Waals surface area contributed by atoms with E-state index in [0.29, 0.717) is 17.1 Å². The van der Waals surface area contributed by atoms with Crippen LogP contribution in [-0.4, -0.2) is 33.7 Å². The topological polar surface area (TPSA) is 74.6 Å². The summed E-state index contributed by atoms with van der Waals surface area (Å²) in [5, 5.41) is 14.2. The van der Waals surface area contributed by atoms with Crippen LogP contribution in [0.2, 0.25) is 0 Å². The van der Waals surface area contributed by atoms with Gasteiger partial charge in [0.25, 0.3) is 0 Å². The van der Waals surface area contributed by atoms with E-state index in [2.05, 4.69) is 27.8 Å². The molecule has 0 saturated heterocycles. The third-order valence-electron chi connectivity index (χ3n) is 5.10. The number of hydrogen-bond donors (Lipinski definition) is 2. The van der Waals surface area contributed by atoms with Crippen molar-refractivity contribution in [2.45, 2.75) is 46.2 Å². The van der Waals surface area contributed by atoms with Crippen LogP contribution in [0.1, 0.15) is 51.0 Å². The molecular formula is C22H29FN6O. The average Bonchev–Trinajstić information content (AvgIpc) is 3.18. The van der Waals surface area contributed by atoms with Gasteiger partial charge in [-0.25, -0.2) is 9.18 Å². The summed E-state index contributed by atoms with van der Waals surface area (Å²) in [6, 6.07) is 10.2. The van der Waals surface area contributed by atoms with Crippen LogP contribution in [0.25, 0.3) is 5.65 Å². The van der Waals surface area contributed by atoms with Crippen molar-refractivity contribution >= 4 is 17.4 Å². The quantitative estimate of drug-likeness (QED) is 0.556. The lowest BCUT2D eigenvalue weighted by atomic mass is 10.1. The van der Waals surface area contributed by atoms with Crippen molar-refractivity contribution < 1.29 is 9.18 Å². The number of halogens is 1. The highest BCUT2D eigenvalue weighted by Gasteiger charge is 2.19. The molecule has 0 spiro atoms. The Labute approximate surface area is 176 Å². The van der Waals surface area contributed by atoms with Gasteiger partial charge in [0, 0.05) is 25.8 Å². The number of rotatable bonds is 9. The summed E-state index contributed by atoms with van der Waals surface area (Å²) < 4.78 is 16.3. The molecule has 0 aliphatic rings. The Kier molecular flexibility index (Phi) is 7.21. The van der Waals surface area contributed by atoms with Gasteiger partial charge in [0.05, 0.1) is 11.7 Å². The molecule has 160 valence electrons. The van der Waals surface area contributed by atoms with Crippen LogP contribution in [0.3, 0.4) is 0 Å². The number of fused-ring (bicyclic) bond motifs is 1. The van der Waals surface area contributed by atoms with E-state index >= 15 is 0 Å². The molecule has 0 aliphatic carbocycles. The standard InChI is InChI=1S/C22H29FN6O/c1-4-9-18(21-27-26-20-10-7-8-13-29(20)21)25-22(30)24-15-16-11-12-19(17(23)14-16)28(5-2)6-3/h7-8,10-14,18H,4-6,9,15H2,1-3H3,(H2,24,25,30). The van der Waals surface area contributed by atoms with Gasteiger partial charge in [-0.2, -0.15) is 0 Å². The second-order valence-corrected chi connectivity index (χ2v) is 7.11. The minimum absolute atomic E-state index is 0.237. The maximum absolute atomic E-state index is 14.5. The van der Waals surface area contributed by atoms with E-state index in [1.54, 1.807) is 6.07 Å². The van der Waals surface area contributed by atoms with E-state index in [1.165, 1.54) is 6.07 Å². The average molecular weight is 413 g/mol. The van der Waals surface area contributed by atoms with Crippen molar-refractivity contribution in [3.63, 3.8) is 0 Å². The predicted octanol–water partition coefficient (Wildman–Crippen LogP) is 4.06. The number of benzene rings is 1. The number of urea groups is 1. The highest BCUT2D eigenvalue weighted by Crippen LogP contribution is 2.21. The van der Waals surface area contributed by atoms with E-state index in [0.717, 1.165) is 31.6 Å². The molecule has 30 heavy (non-hydrogen) atoms. The molecule has 1 unspecified atom stereocenters. The smallest absolute Gasteiger partial charge is 0.315 e. The fraction of sp³-hybridized carbons (Fsp3) is 0.409. The number of nitrogens with zero attached hydrogens (tertiary/aromatic N) is 4. The first kappa shape index (κ1) is 21.5. The number of nitrogens with one attached hydrogen (secondary N) is 2. The lowest BCUT2D eigenvalue weighted by Gasteiger charge is -2.22. The summed E-state index contributed by atoms with van der Waals surface area (Å²) >= 11 is 0. The maximum Gasteiger partial charge on any atom is 0.315 e. The van der Waals surface area contributed by atoms with Gasteiger partial charge in [0.1, 0.15) is 5.82 Å². The molecule has 1 aromatic carbocycles. The molecule has 0 saturated carbocycles. The van der Waals surface area contributed by atoms with Crippen LogP contribution in [0, 0.1) is 5.82 Å². The first-order valence-electron chi connectivity index (χ1n) is 10.4. The Bertz CT molecular complexity index is 985. The number of pyridine rings is 1. The molecule has 3 aromatic rings. The van der Waals surface area contributed by atoms with E-state index < -0.39 is 0 Å². The Morgan fingerprint density at radius 2 is 1.97 bits per heavy atom. The summed E-state index contributed by atoms with van der Waals surface area (Å²) in [7, 11) is 0. The summed E-state index contributed by atoms with van der Waals surface area (Å²) in [5.74, 6) is 0.411. The highest BCUT2D eigenvalue weighted by atomic mass is 19.1. The molecule has 3 rings (SSSR count). The summed E-state index contributed by atoms with van der Waals surface area (Å²) in [6.45, 7) is 7.76. The maximum atomic E-state index is 14.5. The van der Waals surface area contributed by atoms with Gasteiger partial charge in [-0.05, 0) is 50.1 Å². The van der Waals surface area contributed by atoms with Crippen LogP contribution in [0.15, 0.2) is 42.6 Å².